The second-order valence-electron chi connectivity index (χ2n) is 8.74. The van der Waals surface area contributed by atoms with Crippen molar-refractivity contribution in [3.05, 3.63) is 42.2 Å². The molecule has 0 aliphatic carbocycles. The Labute approximate surface area is 191 Å². The van der Waals surface area contributed by atoms with Crippen molar-refractivity contribution < 1.29 is 22.0 Å². The summed E-state index contributed by atoms with van der Waals surface area (Å²) >= 11 is 0. The Balaban J connectivity index is 1.29. The van der Waals surface area contributed by atoms with E-state index in [4.69, 9.17) is 0 Å². The summed E-state index contributed by atoms with van der Waals surface area (Å²) in [5.74, 6) is 0.977. The molecule has 3 aromatic heterocycles. The molecule has 13 heteroatoms. The molecule has 2 aliphatic rings. The first-order valence-electron chi connectivity index (χ1n) is 10.7. The van der Waals surface area contributed by atoms with Gasteiger partial charge in [-0.3, -0.25) is 9.67 Å². The Hall–Kier alpha value is -3.38. The van der Waals surface area contributed by atoms with Gasteiger partial charge in [-0.05, 0) is 19.4 Å². The van der Waals surface area contributed by atoms with E-state index in [2.05, 4.69) is 29.9 Å². The minimum Gasteiger partial charge on any atom is -0.355 e. The second kappa shape index (κ2) is 8.13. The molecule has 0 N–H and O–H groups in total. The molecule has 1 spiro atoms. The quantitative estimate of drug-likeness (QED) is 0.518. The van der Waals surface area contributed by atoms with E-state index in [9.17, 15) is 22.0 Å². The number of aromatic nitrogens is 6. The molecule has 34 heavy (non-hydrogen) atoms. The number of hydrogen-bond donors (Lipinski definition) is 0. The molecule has 3 aromatic rings. The van der Waals surface area contributed by atoms with Gasteiger partial charge in [-0.15, -0.1) is 0 Å². The van der Waals surface area contributed by atoms with Crippen LogP contribution in [0.5, 0.6) is 0 Å². The fourth-order valence-corrected chi connectivity index (χ4v) is 4.63. The normalized spacial score (nSPS) is 17.6. The molecule has 180 valence electrons. The maximum absolute atomic E-state index is 13.1. The lowest BCUT2D eigenvalue weighted by molar-refractivity contribution is -0.141. The third kappa shape index (κ3) is 4.26. The summed E-state index contributed by atoms with van der Waals surface area (Å²) in [6.07, 6.45) is -1.65. The van der Waals surface area contributed by atoms with Crippen LogP contribution in [0.3, 0.4) is 0 Å². The number of alkyl halides is 5. The van der Waals surface area contributed by atoms with Crippen molar-refractivity contribution in [1.29, 1.82) is 0 Å². The topological polar surface area (TPSA) is 75.9 Å². The molecule has 0 saturated carbocycles. The van der Waals surface area contributed by atoms with Crippen molar-refractivity contribution in [1.82, 2.24) is 29.7 Å². The highest BCUT2D eigenvalue weighted by Crippen LogP contribution is 2.43. The standard InChI is InChI=1S/C21H21F5N8/c1-13-29-16(21(24,25)26)6-18(30-13)33-11-20(12-33)3-5-32(10-20)19-8-27-7-14(31-19)15-2-4-28-34(15)9-17(22)23/h2,4,6-8,17H,3,5,9-12H2,1H3. The van der Waals surface area contributed by atoms with Gasteiger partial charge < -0.3 is 9.80 Å². The van der Waals surface area contributed by atoms with E-state index in [-0.39, 0.29) is 17.1 Å². The second-order valence-corrected chi connectivity index (χ2v) is 8.74. The summed E-state index contributed by atoms with van der Waals surface area (Å²) < 4.78 is 66.2. The number of anilines is 2. The van der Waals surface area contributed by atoms with Crippen molar-refractivity contribution in [3.8, 4) is 11.4 Å². The molecule has 8 nitrogen and oxygen atoms in total. The molecule has 2 fully saturated rings. The van der Waals surface area contributed by atoms with E-state index in [0.717, 1.165) is 12.5 Å². The molecular weight excluding hydrogens is 459 g/mol. The first-order valence-corrected chi connectivity index (χ1v) is 10.7. The average Bonchev–Trinajstić information content (AvgIpc) is 3.39. The number of halogens is 5. The highest BCUT2D eigenvalue weighted by atomic mass is 19.4. The average molecular weight is 480 g/mol. The van der Waals surface area contributed by atoms with Crippen molar-refractivity contribution in [2.45, 2.75) is 32.5 Å². The van der Waals surface area contributed by atoms with E-state index in [1.54, 1.807) is 12.3 Å². The third-order valence-electron chi connectivity index (χ3n) is 6.17. The number of rotatable bonds is 5. The first-order chi connectivity index (χ1) is 16.1. The van der Waals surface area contributed by atoms with Crippen molar-refractivity contribution in [3.63, 3.8) is 0 Å². The van der Waals surface area contributed by atoms with Gasteiger partial charge in [-0.2, -0.15) is 18.3 Å². The van der Waals surface area contributed by atoms with Crippen molar-refractivity contribution in [2.24, 2.45) is 5.41 Å². The maximum atomic E-state index is 13.1. The van der Waals surface area contributed by atoms with Crippen molar-refractivity contribution >= 4 is 11.6 Å². The van der Waals surface area contributed by atoms with E-state index in [1.807, 2.05) is 4.90 Å². The van der Waals surface area contributed by atoms with Gasteiger partial charge in [-0.1, -0.05) is 0 Å². The van der Waals surface area contributed by atoms with Gasteiger partial charge in [0.1, 0.15) is 35.4 Å². The Morgan fingerprint density at radius 3 is 2.53 bits per heavy atom. The van der Waals surface area contributed by atoms with Crippen LogP contribution < -0.4 is 9.80 Å². The molecule has 0 atom stereocenters. The molecule has 0 bridgehead atoms. The van der Waals surface area contributed by atoms with Gasteiger partial charge in [0, 0.05) is 43.9 Å². The lowest BCUT2D eigenvalue weighted by Gasteiger charge is -2.48. The highest BCUT2D eigenvalue weighted by Gasteiger charge is 2.49. The molecule has 0 radical (unpaired) electrons. The van der Waals surface area contributed by atoms with Crippen LogP contribution in [0.2, 0.25) is 0 Å². The molecule has 2 aliphatic heterocycles. The van der Waals surface area contributed by atoms with Crippen LogP contribution in [0.4, 0.5) is 33.6 Å². The smallest absolute Gasteiger partial charge is 0.355 e. The summed E-state index contributed by atoms with van der Waals surface area (Å²) in [4.78, 5) is 20.4. The van der Waals surface area contributed by atoms with E-state index < -0.39 is 24.8 Å². The molecular formula is C21H21F5N8. The van der Waals surface area contributed by atoms with Crippen LogP contribution in [0, 0.1) is 12.3 Å². The highest BCUT2D eigenvalue weighted by molar-refractivity contribution is 5.56. The number of aryl methyl sites for hydroxylation is 1. The van der Waals surface area contributed by atoms with Crippen LogP contribution in [0.25, 0.3) is 11.4 Å². The summed E-state index contributed by atoms with van der Waals surface area (Å²) in [6.45, 7) is 3.43. The minimum absolute atomic E-state index is 0.0806. The molecule has 0 unspecified atom stereocenters. The predicted octanol–water partition coefficient (Wildman–Crippen LogP) is 3.44. The van der Waals surface area contributed by atoms with Crippen molar-refractivity contribution in [2.75, 3.05) is 36.0 Å². The Morgan fingerprint density at radius 1 is 1.03 bits per heavy atom. The van der Waals surface area contributed by atoms with Crippen LogP contribution >= 0.6 is 0 Å². The third-order valence-corrected chi connectivity index (χ3v) is 6.17. The van der Waals surface area contributed by atoms with E-state index in [1.165, 1.54) is 24.0 Å². The van der Waals surface area contributed by atoms with Crippen LogP contribution in [0.15, 0.2) is 30.7 Å². The molecule has 5 rings (SSSR count). The van der Waals surface area contributed by atoms with Gasteiger partial charge in [0.2, 0.25) is 0 Å². The lowest BCUT2D eigenvalue weighted by Crippen LogP contribution is -2.58. The lowest BCUT2D eigenvalue weighted by atomic mass is 9.79. The van der Waals surface area contributed by atoms with Gasteiger partial charge in [0.25, 0.3) is 6.43 Å². The summed E-state index contributed by atoms with van der Waals surface area (Å²) in [5.41, 5.74) is -0.130. The van der Waals surface area contributed by atoms with Crippen LogP contribution in [0.1, 0.15) is 17.9 Å². The van der Waals surface area contributed by atoms with Crippen LogP contribution in [-0.2, 0) is 12.7 Å². The zero-order valence-corrected chi connectivity index (χ0v) is 18.2. The van der Waals surface area contributed by atoms with E-state index in [0.29, 0.717) is 43.4 Å². The molecule has 0 aromatic carbocycles. The van der Waals surface area contributed by atoms with Crippen LogP contribution in [-0.4, -0.2) is 62.3 Å². The summed E-state index contributed by atoms with van der Waals surface area (Å²) in [5, 5.41) is 3.94. The summed E-state index contributed by atoms with van der Waals surface area (Å²) in [7, 11) is 0. The first kappa shape index (κ1) is 22.4. The Morgan fingerprint density at radius 2 is 1.79 bits per heavy atom. The van der Waals surface area contributed by atoms with E-state index >= 15 is 0 Å². The number of nitrogens with zero attached hydrogens (tertiary/aromatic N) is 8. The van der Waals surface area contributed by atoms with Gasteiger partial charge in [0.05, 0.1) is 18.1 Å². The molecule has 2 saturated heterocycles. The SMILES string of the molecule is Cc1nc(N2CC3(CCN(c4cncc(-c5ccnn5CC(F)F)n4)C3)C2)cc(C(F)(F)F)n1. The fourth-order valence-electron chi connectivity index (χ4n) is 4.63. The minimum atomic E-state index is -4.52. The number of hydrogen-bond acceptors (Lipinski definition) is 7. The zero-order valence-electron chi connectivity index (χ0n) is 18.2. The Kier molecular flexibility index (Phi) is 5.36. The van der Waals surface area contributed by atoms with Gasteiger partial charge in [0.15, 0.2) is 0 Å². The van der Waals surface area contributed by atoms with Gasteiger partial charge >= 0.3 is 6.18 Å². The largest absolute Gasteiger partial charge is 0.433 e. The predicted molar refractivity (Wildman–Crippen MR) is 113 cm³/mol. The monoisotopic (exact) mass is 480 g/mol. The summed E-state index contributed by atoms with van der Waals surface area (Å²) in [6, 6.07) is 2.61. The Bertz CT molecular complexity index is 1190. The van der Waals surface area contributed by atoms with Gasteiger partial charge in [-0.25, -0.2) is 23.7 Å². The molecule has 0 amide bonds. The maximum Gasteiger partial charge on any atom is 0.433 e. The molecule has 5 heterocycles. The fraction of sp³-hybridized carbons (Fsp3) is 0.476. The zero-order chi connectivity index (χ0) is 24.1.